The van der Waals surface area contributed by atoms with Gasteiger partial charge in [0.2, 0.25) is 5.91 Å². The molecular formula is C12H12F3NO. The van der Waals surface area contributed by atoms with Gasteiger partial charge in [0, 0.05) is 11.8 Å². The summed E-state index contributed by atoms with van der Waals surface area (Å²) in [5, 5.41) is 2.47. The Morgan fingerprint density at radius 2 is 1.71 bits per heavy atom. The summed E-state index contributed by atoms with van der Waals surface area (Å²) < 4.78 is 36.8. The lowest BCUT2D eigenvalue weighted by atomic mass is 10.2. The van der Waals surface area contributed by atoms with E-state index in [-0.39, 0.29) is 5.91 Å². The van der Waals surface area contributed by atoms with E-state index in [2.05, 4.69) is 5.32 Å². The van der Waals surface area contributed by atoms with Crippen LogP contribution in [0, 0.1) is 0 Å². The molecule has 2 nitrogen and oxygen atoms in total. The Bertz CT molecular complexity index is 428. The summed E-state index contributed by atoms with van der Waals surface area (Å²) in [4.78, 5) is 11.3. The molecule has 5 heteroatoms. The van der Waals surface area contributed by atoms with E-state index < -0.39 is 11.7 Å². The molecule has 92 valence electrons. The monoisotopic (exact) mass is 243 g/mol. The number of amides is 1. The normalized spacial score (nSPS) is 10.9. The fourth-order valence-electron chi connectivity index (χ4n) is 1.18. The number of carbonyl (C=O) groups excluding carboxylic acids is 1. The Hall–Kier alpha value is -1.78. The smallest absolute Gasteiger partial charge is 0.323 e. The Morgan fingerprint density at radius 1 is 1.18 bits per heavy atom. The van der Waals surface area contributed by atoms with Gasteiger partial charge in [-0.2, -0.15) is 13.2 Å². The van der Waals surface area contributed by atoms with Crippen LogP contribution in [0.25, 0.3) is 0 Å². The van der Waals surface area contributed by atoms with Crippen LogP contribution in [-0.2, 0) is 11.0 Å². The van der Waals surface area contributed by atoms with E-state index >= 15 is 0 Å². The largest absolute Gasteiger partial charge is 0.416 e. The van der Waals surface area contributed by atoms with Crippen molar-refractivity contribution in [2.75, 3.05) is 5.32 Å². The fourth-order valence-corrected chi connectivity index (χ4v) is 1.18. The zero-order chi connectivity index (χ0) is 13.1. The maximum atomic E-state index is 12.3. The molecule has 0 atom stereocenters. The van der Waals surface area contributed by atoms with Gasteiger partial charge in [-0.25, -0.2) is 0 Å². The number of anilines is 1. The van der Waals surface area contributed by atoms with Crippen molar-refractivity contribution in [2.45, 2.75) is 20.0 Å². The van der Waals surface area contributed by atoms with Gasteiger partial charge >= 0.3 is 6.18 Å². The first-order chi connectivity index (χ1) is 7.79. The molecule has 0 aromatic heterocycles. The van der Waals surface area contributed by atoms with Crippen molar-refractivity contribution in [2.24, 2.45) is 0 Å². The molecule has 0 aliphatic heterocycles. The predicted octanol–water partition coefficient (Wildman–Crippen LogP) is 3.61. The van der Waals surface area contributed by atoms with Crippen molar-refractivity contribution in [3.8, 4) is 0 Å². The lowest BCUT2D eigenvalue weighted by Crippen LogP contribution is -2.09. The second-order valence-electron chi connectivity index (χ2n) is 3.79. The lowest BCUT2D eigenvalue weighted by Gasteiger charge is -2.07. The van der Waals surface area contributed by atoms with Gasteiger partial charge in [0.15, 0.2) is 0 Å². The fraction of sp³-hybridized carbons (Fsp3) is 0.250. The molecule has 0 saturated carbocycles. The molecule has 1 N–H and O–H groups in total. The predicted molar refractivity (Wildman–Crippen MR) is 59.5 cm³/mol. The number of hydrogen-bond acceptors (Lipinski definition) is 1. The number of benzene rings is 1. The Labute approximate surface area is 97.1 Å². The van der Waals surface area contributed by atoms with Gasteiger partial charge in [0.05, 0.1) is 5.56 Å². The van der Waals surface area contributed by atoms with Gasteiger partial charge < -0.3 is 5.32 Å². The van der Waals surface area contributed by atoms with E-state index in [1.54, 1.807) is 13.8 Å². The minimum absolute atomic E-state index is 0.334. The number of halogens is 3. The molecule has 0 aliphatic carbocycles. The number of nitrogens with one attached hydrogen (secondary N) is 1. The van der Waals surface area contributed by atoms with Crippen molar-refractivity contribution >= 4 is 11.6 Å². The summed E-state index contributed by atoms with van der Waals surface area (Å²) in [6, 6.07) is 4.30. The maximum Gasteiger partial charge on any atom is 0.416 e. The lowest BCUT2D eigenvalue weighted by molar-refractivity contribution is -0.137. The highest BCUT2D eigenvalue weighted by Gasteiger charge is 2.29. The summed E-state index contributed by atoms with van der Waals surface area (Å²) in [5.41, 5.74) is 0.410. The van der Waals surface area contributed by atoms with Crippen LogP contribution in [-0.4, -0.2) is 5.91 Å². The molecule has 1 rings (SSSR count). The minimum Gasteiger partial charge on any atom is -0.323 e. The van der Waals surface area contributed by atoms with Crippen LogP contribution >= 0.6 is 0 Å². The van der Waals surface area contributed by atoms with Crippen molar-refractivity contribution in [3.05, 3.63) is 41.5 Å². The van der Waals surface area contributed by atoms with Gasteiger partial charge in [0.1, 0.15) is 0 Å². The zero-order valence-electron chi connectivity index (χ0n) is 9.43. The molecule has 1 aromatic carbocycles. The van der Waals surface area contributed by atoms with Crippen molar-refractivity contribution < 1.29 is 18.0 Å². The van der Waals surface area contributed by atoms with Crippen LogP contribution in [0.3, 0.4) is 0 Å². The molecule has 1 aromatic rings. The number of rotatable bonds is 2. The maximum absolute atomic E-state index is 12.3. The summed E-state index contributed by atoms with van der Waals surface area (Å²) in [6.45, 7) is 3.51. The van der Waals surface area contributed by atoms with E-state index in [9.17, 15) is 18.0 Å². The van der Waals surface area contributed by atoms with Crippen LogP contribution in [0.4, 0.5) is 18.9 Å². The minimum atomic E-state index is -4.36. The summed E-state index contributed by atoms with van der Waals surface area (Å²) in [6.07, 6.45) is -2.99. The zero-order valence-corrected chi connectivity index (χ0v) is 9.43. The summed E-state index contributed by atoms with van der Waals surface area (Å²) in [5.74, 6) is -0.357. The summed E-state index contributed by atoms with van der Waals surface area (Å²) in [7, 11) is 0. The molecule has 0 heterocycles. The van der Waals surface area contributed by atoms with E-state index in [1.807, 2.05) is 0 Å². The van der Waals surface area contributed by atoms with E-state index in [4.69, 9.17) is 0 Å². The molecule has 1 amide bonds. The van der Waals surface area contributed by atoms with E-state index in [0.717, 1.165) is 17.7 Å². The summed E-state index contributed by atoms with van der Waals surface area (Å²) >= 11 is 0. The van der Waals surface area contributed by atoms with E-state index in [0.29, 0.717) is 5.69 Å². The first-order valence-electron chi connectivity index (χ1n) is 4.92. The van der Waals surface area contributed by atoms with Gasteiger partial charge in [-0.05, 0) is 38.1 Å². The van der Waals surface area contributed by atoms with Crippen LogP contribution < -0.4 is 5.32 Å². The standard InChI is InChI=1S/C12H12F3NO/c1-8(2)7-11(17)16-10-5-3-9(4-6-10)12(13,14)15/h3-7H,1-2H3,(H,16,17). The third kappa shape index (κ3) is 4.30. The third-order valence-electron chi connectivity index (χ3n) is 1.90. The molecule has 0 radical (unpaired) electrons. The number of hydrogen-bond donors (Lipinski definition) is 1. The molecule has 17 heavy (non-hydrogen) atoms. The van der Waals surface area contributed by atoms with Crippen LogP contribution in [0.2, 0.25) is 0 Å². The SMILES string of the molecule is CC(C)=CC(=O)Nc1ccc(C(F)(F)F)cc1. The van der Waals surface area contributed by atoms with Gasteiger partial charge in [0.25, 0.3) is 0 Å². The number of carbonyl (C=O) groups is 1. The second kappa shape index (κ2) is 5.03. The van der Waals surface area contributed by atoms with Crippen molar-refractivity contribution in [1.82, 2.24) is 0 Å². The number of allylic oxidation sites excluding steroid dienone is 1. The van der Waals surface area contributed by atoms with Crippen LogP contribution in [0.15, 0.2) is 35.9 Å². The molecule has 0 fully saturated rings. The molecule has 0 spiro atoms. The first kappa shape index (κ1) is 13.3. The number of alkyl halides is 3. The highest BCUT2D eigenvalue weighted by atomic mass is 19.4. The van der Waals surface area contributed by atoms with Gasteiger partial charge in [-0.3, -0.25) is 4.79 Å². The molecule has 0 saturated heterocycles. The molecular weight excluding hydrogens is 231 g/mol. The molecule has 0 aliphatic rings. The average molecular weight is 243 g/mol. The highest BCUT2D eigenvalue weighted by molar-refractivity contribution is 5.99. The van der Waals surface area contributed by atoms with Crippen molar-refractivity contribution in [1.29, 1.82) is 0 Å². The van der Waals surface area contributed by atoms with Gasteiger partial charge in [-0.15, -0.1) is 0 Å². The highest BCUT2D eigenvalue weighted by Crippen LogP contribution is 2.29. The van der Waals surface area contributed by atoms with Crippen molar-refractivity contribution in [3.63, 3.8) is 0 Å². The topological polar surface area (TPSA) is 29.1 Å². The van der Waals surface area contributed by atoms with Crippen LogP contribution in [0.5, 0.6) is 0 Å². The first-order valence-corrected chi connectivity index (χ1v) is 4.92. The average Bonchev–Trinajstić information content (AvgIpc) is 2.15. The second-order valence-corrected chi connectivity index (χ2v) is 3.79. The Morgan fingerprint density at radius 3 is 2.12 bits per heavy atom. The molecule has 0 unspecified atom stereocenters. The Kier molecular flexibility index (Phi) is 3.93. The Balaban J connectivity index is 2.76. The molecule has 0 bridgehead atoms. The van der Waals surface area contributed by atoms with Crippen LogP contribution in [0.1, 0.15) is 19.4 Å². The third-order valence-corrected chi connectivity index (χ3v) is 1.90. The van der Waals surface area contributed by atoms with Gasteiger partial charge in [-0.1, -0.05) is 5.57 Å². The quantitative estimate of drug-likeness (QED) is 0.790. The van der Waals surface area contributed by atoms with E-state index in [1.165, 1.54) is 18.2 Å².